The minimum absolute atomic E-state index is 0.0938. The van der Waals surface area contributed by atoms with E-state index in [9.17, 15) is 4.79 Å². The molecule has 0 saturated carbocycles. The van der Waals surface area contributed by atoms with E-state index in [-0.39, 0.29) is 17.3 Å². The van der Waals surface area contributed by atoms with Crippen LogP contribution in [0.5, 0.6) is 0 Å². The average molecular weight is 353 g/mol. The Morgan fingerprint density at radius 1 is 1.20 bits per heavy atom. The van der Waals surface area contributed by atoms with Crippen LogP contribution in [-0.2, 0) is 11.2 Å². The fourth-order valence-corrected chi connectivity index (χ4v) is 3.98. The molecule has 1 fully saturated rings. The van der Waals surface area contributed by atoms with Gasteiger partial charge in [-0.3, -0.25) is 10.2 Å². The van der Waals surface area contributed by atoms with Crippen LogP contribution in [0.3, 0.4) is 0 Å². The molecule has 0 unspecified atom stereocenters. The van der Waals surface area contributed by atoms with Crippen LogP contribution in [-0.4, -0.2) is 45.1 Å². The maximum atomic E-state index is 12.4. The first kappa shape index (κ1) is 16.1. The Kier molecular flexibility index (Phi) is 4.17. The Morgan fingerprint density at radius 3 is 2.60 bits per heavy atom. The third-order valence-electron chi connectivity index (χ3n) is 4.52. The van der Waals surface area contributed by atoms with Crippen LogP contribution in [0.1, 0.15) is 30.9 Å². The zero-order chi connectivity index (χ0) is 17.4. The summed E-state index contributed by atoms with van der Waals surface area (Å²) in [5, 5.41) is 15.7. The summed E-state index contributed by atoms with van der Waals surface area (Å²) in [4.78, 5) is 18.7. The van der Waals surface area contributed by atoms with Crippen molar-refractivity contribution in [3.05, 3.63) is 41.0 Å². The van der Waals surface area contributed by atoms with Gasteiger partial charge in [0.05, 0.1) is 5.57 Å². The lowest BCUT2D eigenvalue weighted by Gasteiger charge is -2.20. The van der Waals surface area contributed by atoms with Crippen molar-refractivity contribution in [2.24, 2.45) is 10.1 Å². The molecule has 0 bridgehead atoms. The summed E-state index contributed by atoms with van der Waals surface area (Å²) >= 11 is 1.38. The Labute approximate surface area is 150 Å². The first-order valence-corrected chi connectivity index (χ1v) is 9.31. The molecule has 0 aliphatic carbocycles. The van der Waals surface area contributed by atoms with Gasteiger partial charge >= 0.3 is 0 Å². The van der Waals surface area contributed by atoms with Gasteiger partial charge in [0.1, 0.15) is 0 Å². The topological polar surface area (TPSA) is 72.1 Å². The predicted octanol–water partition coefficient (Wildman–Crippen LogP) is 2.92. The Morgan fingerprint density at radius 2 is 1.92 bits per heavy atom. The zero-order valence-corrected chi connectivity index (χ0v) is 14.8. The highest BCUT2D eigenvalue weighted by Crippen LogP contribution is 2.30. The number of aliphatic imine (C=N–C) groups is 1. The number of fused-ring (bicyclic) bond motifs is 1. The molecule has 0 radical (unpaired) electrons. The van der Waals surface area contributed by atoms with Crippen LogP contribution in [0.4, 0.5) is 0 Å². The Bertz CT molecular complexity index is 818. The highest BCUT2D eigenvalue weighted by atomic mass is 32.2. The minimum atomic E-state index is -0.374. The van der Waals surface area contributed by atoms with Gasteiger partial charge in [0.25, 0.3) is 5.91 Å². The number of likely N-dealkylation sites (tertiary alicyclic amines) is 1. The maximum Gasteiger partial charge on any atom is 0.283 e. The second kappa shape index (κ2) is 6.48. The Balaban J connectivity index is 1.62. The summed E-state index contributed by atoms with van der Waals surface area (Å²) in [6, 6.07) is 7.99. The van der Waals surface area contributed by atoms with Crippen molar-refractivity contribution in [3.8, 4) is 0 Å². The highest BCUT2D eigenvalue weighted by Gasteiger charge is 2.37. The van der Waals surface area contributed by atoms with E-state index < -0.39 is 0 Å². The van der Waals surface area contributed by atoms with Crippen LogP contribution in [0, 0.1) is 5.41 Å². The summed E-state index contributed by atoms with van der Waals surface area (Å²) in [6.07, 6.45) is 5.00. The van der Waals surface area contributed by atoms with Crippen LogP contribution in [0.25, 0.3) is 6.08 Å². The molecule has 7 heteroatoms. The van der Waals surface area contributed by atoms with E-state index in [0.717, 1.165) is 43.1 Å². The quantitative estimate of drug-likeness (QED) is 0.830. The van der Waals surface area contributed by atoms with Crippen molar-refractivity contribution in [2.45, 2.75) is 26.2 Å². The molecule has 0 spiro atoms. The molecular weight excluding hydrogens is 334 g/mol. The molecule has 1 N–H and O–H groups in total. The predicted molar refractivity (Wildman–Crippen MR) is 102 cm³/mol. The standard InChI is InChI=1S/C18H19N5OS/c1-2-12-5-7-13(8-6-12)11-14-15(19)23-17(20-16(14)24)25-18(21-23)22-9-3-4-10-22/h5-8,11,19H,2-4,9-10H2,1H3/b14-11-,19-15?. The second-order valence-electron chi connectivity index (χ2n) is 6.19. The van der Waals surface area contributed by atoms with Crippen molar-refractivity contribution in [1.82, 2.24) is 9.91 Å². The summed E-state index contributed by atoms with van der Waals surface area (Å²) in [6.45, 7) is 4.05. The third kappa shape index (κ3) is 3.00. The summed E-state index contributed by atoms with van der Waals surface area (Å²) in [5.41, 5.74) is 2.41. The fourth-order valence-electron chi connectivity index (χ4n) is 3.03. The number of aryl methyl sites for hydroxylation is 1. The SMILES string of the molecule is CCc1ccc(/C=C2/C(=N)N3N=C(N4CCCC4)SC3=NC2=O)cc1. The zero-order valence-electron chi connectivity index (χ0n) is 14.0. The second-order valence-corrected chi connectivity index (χ2v) is 7.13. The lowest BCUT2D eigenvalue weighted by Crippen LogP contribution is -2.35. The molecule has 3 heterocycles. The molecule has 0 aromatic heterocycles. The number of hydrazone groups is 1. The molecule has 3 aliphatic rings. The molecule has 3 aliphatic heterocycles. The number of amides is 1. The molecule has 25 heavy (non-hydrogen) atoms. The van der Waals surface area contributed by atoms with E-state index in [0.29, 0.717) is 5.17 Å². The maximum absolute atomic E-state index is 12.4. The van der Waals surface area contributed by atoms with Crippen molar-refractivity contribution in [2.75, 3.05) is 13.1 Å². The lowest BCUT2D eigenvalue weighted by atomic mass is 10.1. The normalized spacial score (nSPS) is 21.7. The smallest absolute Gasteiger partial charge is 0.283 e. The first-order valence-electron chi connectivity index (χ1n) is 8.50. The number of hydrogen-bond donors (Lipinski definition) is 1. The van der Waals surface area contributed by atoms with Gasteiger partial charge in [-0.15, -0.1) is 5.10 Å². The van der Waals surface area contributed by atoms with E-state index in [1.54, 1.807) is 6.08 Å². The van der Waals surface area contributed by atoms with Gasteiger partial charge in [-0.1, -0.05) is 31.2 Å². The van der Waals surface area contributed by atoms with Gasteiger partial charge < -0.3 is 4.90 Å². The first-order chi connectivity index (χ1) is 12.2. The number of amidine groups is 3. The number of carbonyl (C=O) groups excluding carboxylic acids is 1. The van der Waals surface area contributed by atoms with Gasteiger partial charge in [0.2, 0.25) is 5.17 Å². The van der Waals surface area contributed by atoms with E-state index in [4.69, 9.17) is 5.41 Å². The molecule has 1 aromatic carbocycles. The van der Waals surface area contributed by atoms with Gasteiger partial charge in [-0.25, -0.2) is 0 Å². The third-order valence-corrected chi connectivity index (χ3v) is 5.49. The molecule has 1 amide bonds. The number of nitrogens with zero attached hydrogens (tertiary/aromatic N) is 4. The lowest BCUT2D eigenvalue weighted by molar-refractivity contribution is -0.114. The molecule has 0 atom stereocenters. The van der Waals surface area contributed by atoms with E-state index >= 15 is 0 Å². The van der Waals surface area contributed by atoms with E-state index in [2.05, 4.69) is 21.9 Å². The van der Waals surface area contributed by atoms with Gasteiger partial charge in [0.15, 0.2) is 11.0 Å². The number of thioether (sulfide) groups is 1. The Hall–Kier alpha value is -2.41. The van der Waals surface area contributed by atoms with E-state index in [1.807, 2.05) is 24.3 Å². The largest absolute Gasteiger partial charge is 0.349 e. The van der Waals surface area contributed by atoms with Gasteiger partial charge in [-0.2, -0.15) is 10.0 Å². The van der Waals surface area contributed by atoms with Gasteiger partial charge in [-0.05, 0) is 48.2 Å². The number of nitrogens with one attached hydrogen (secondary N) is 1. The molecule has 128 valence electrons. The molecule has 4 rings (SSSR count). The molecule has 1 saturated heterocycles. The van der Waals surface area contributed by atoms with Crippen LogP contribution < -0.4 is 0 Å². The number of benzene rings is 1. The van der Waals surface area contributed by atoms with Crippen molar-refractivity contribution in [1.29, 1.82) is 5.41 Å². The molecule has 1 aromatic rings. The van der Waals surface area contributed by atoms with E-state index in [1.165, 1.54) is 22.3 Å². The highest BCUT2D eigenvalue weighted by molar-refractivity contribution is 8.26. The summed E-state index contributed by atoms with van der Waals surface area (Å²) in [7, 11) is 0. The molecule has 6 nitrogen and oxygen atoms in total. The van der Waals surface area contributed by atoms with Crippen molar-refractivity contribution < 1.29 is 4.79 Å². The average Bonchev–Trinajstić information content (AvgIpc) is 3.28. The minimum Gasteiger partial charge on any atom is -0.349 e. The summed E-state index contributed by atoms with van der Waals surface area (Å²) < 4.78 is 0. The number of hydrogen-bond acceptors (Lipinski definition) is 5. The van der Waals surface area contributed by atoms with Crippen molar-refractivity contribution in [3.63, 3.8) is 0 Å². The molecular formula is C18H19N5OS. The fraction of sp³-hybridized carbons (Fsp3) is 0.333. The number of carbonyl (C=O) groups is 1. The van der Waals surface area contributed by atoms with Crippen LogP contribution in [0.2, 0.25) is 0 Å². The number of rotatable bonds is 2. The van der Waals surface area contributed by atoms with Crippen LogP contribution >= 0.6 is 11.8 Å². The van der Waals surface area contributed by atoms with Gasteiger partial charge in [0, 0.05) is 13.1 Å². The van der Waals surface area contributed by atoms with Crippen molar-refractivity contribution >= 4 is 39.9 Å². The summed E-state index contributed by atoms with van der Waals surface area (Å²) in [5.74, 6) is -0.280. The monoisotopic (exact) mass is 353 g/mol. The van der Waals surface area contributed by atoms with Crippen LogP contribution in [0.15, 0.2) is 39.9 Å².